The lowest BCUT2D eigenvalue weighted by Gasteiger charge is -2.09. The zero-order chi connectivity index (χ0) is 13.1. The van der Waals surface area contributed by atoms with E-state index in [1.807, 2.05) is 31.5 Å². The summed E-state index contributed by atoms with van der Waals surface area (Å²) in [6, 6.07) is 1.88. The van der Waals surface area contributed by atoms with Crippen molar-refractivity contribution in [3.8, 4) is 0 Å². The lowest BCUT2D eigenvalue weighted by atomic mass is 10.3. The van der Waals surface area contributed by atoms with Crippen LogP contribution in [0.2, 0.25) is 0 Å². The summed E-state index contributed by atoms with van der Waals surface area (Å²) in [6.07, 6.45) is 1.76. The summed E-state index contributed by atoms with van der Waals surface area (Å²) in [5, 5.41) is 7.64. The number of hydrogen-bond acceptors (Lipinski definition) is 5. The predicted molar refractivity (Wildman–Crippen MR) is 71.1 cm³/mol. The molecule has 2 heterocycles. The van der Waals surface area contributed by atoms with Crippen LogP contribution in [0.5, 0.6) is 0 Å². The summed E-state index contributed by atoms with van der Waals surface area (Å²) in [7, 11) is 0. The number of nitrogens with zero attached hydrogens (tertiary/aromatic N) is 4. The van der Waals surface area contributed by atoms with Crippen molar-refractivity contribution < 1.29 is 0 Å². The minimum atomic E-state index is 0.610. The molecule has 0 fully saturated rings. The van der Waals surface area contributed by atoms with Crippen LogP contribution in [-0.4, -0.2) is 19.7 Å². The predicted octanol–water partition coefficient (Wildman–Crippen LogP) is 1.50. The Morgan fingerprint density at radius 3 is 2.83 bits per heavy atom. The molecule has 0 atom stereocenters. The molecule has 0 saturated carbocycles. The number of aryl methyl sites for hydroxylation is 3. The molecule has 0 aromatic carbocycles. The van der Waals surface area contributed by atoms with Crippen LogP contribution >= 0.6 is 0 Å². The highest BCUT2D eigenvalue weighted by Crippen LogP contribution is 2.22. The SMILES string of the molecule is CCn1nc(C)c(N)c1NCc1ccnc(C)n1. The van der Waals surface area contributed by atoms with Crippen LogP contribution in [0.4, 0.5) is 11.5 Å². The van der Waals surface area contributed by atoms with E-state index in [1.165, 1.54) is 0 Å². The number of nitrogens with two attached hydrogens (primary N) is 1. The van der Waals surface area contributed by atoms with Gasteiger partial charge in [0.25, 0.3) is 0 Å². The second-order valence-electron chi connectivity index (χ2n) is 4.11. The lowest BCUT2D eigenvalue weighted by molar-refractivity contribution is 0.657. The number of rotatable bonds is 4. The molecule has 0 amide bonds. The van der Waals surface area contributed by atoms with Gasteiger partial charge in [-0.05, 0) is 26.8 Å². The minimum absolute atomic E-state index is 0.610. The van der Waals surface area contributed by atoms with Gasteiger partial charge in [0.05, 0.1) is 23.6 Å². The fraction of sp³-hybridized carbons (Fsp3) is 0.417. The molecule has 2 aromatic heterocycles. The normalized spacial score (nSPS) is 10.6. The molecule has 0 aliphatic rings. The fourth-order valence-corrected chi connectivity index (χ4v) is 1.79. The highest BCUT2D eigenvalue weighted by Gasteiger charge is 2.10. The van der Waals surface area contributed by atoms with Crippen molar-refractivity contribution in [1.82, 2.24) is 19.7 Å². The van der Waals surface area contributed by atoms with Gasteiger partial charge in [-0.1, -0.05) is 0 Å². The zero-order valence-electron chi connectivity index (χ0n) is 10.9. The molecule has 0 saturated heterocycles. The average molecular weight is 246 g/mol. The first-order valence-electron chi connectivity index (χ1n) is 5.97. The van der Waals surface area contributed by atoms with Crippen LogP contribution in [0, 0.1) is 13.8 Å². The molecule has 0 radical (unpaired) electrons. The topological polar surface area (TPSA) is 81.7 Å². The summed E-state index contributed by atoms with van der Waals surface area (Å²) in [5.41, 5.74) is 8.47. The number of hydrogen-bond donors (Lipinski definition) is 2. The van der Waals surface area contributed by atoms with Gasteiger partial charge in [-0.2, -0.15) is 5.10 Å². The van der Waals surface area contributed by atoms with Crippen molar-refractivity contribution in [3.63, 3.8) is 0 Å². The van der Waals surface area contributed by atoms with Crippen molar-refractivity contribution in [3.05, 3.63) is 29.5 Å². The van der Waals surface area contributed by atoms with Crippen molar-refractivity contribution >= 4 is 11.5 Å². The number of nitrogen functional groups attached to an aromatic ring is 1. The van der Waals surface area contributed by atoms with E-state index in [1.54, 1.807) is 6.20 Å². The van der Waals surface area contributed by atoms with E-state index < -0.39 is 0 Å². The second-order valence-corrected chi connectivity index (χ2v) is 4.11. The largest absolute Gasteiger partial charge is 0.394 e. The molecule has 0 aliphatic heterocycles. The van der Waals surface area contributed by atoms with E-state index in [0.29, 0.717) is 12.2 Å². The van der Waals surface area contributed by atoms with E-state index >= 15 is 0 Å². The summed E-state index contributed by atoms with van der Waals surface area (Å²) in [5.74, 6) is 1.62. The van der Waals surface area contributed by atoms with E-state index in [-0.39, 0.29) is 0 Å². The highest BCUT2D eigenvalue weighted by atomic mass is 15.3. The summed E-state index contributed by atoms with van der Waals surface area (Å²) in [4.78, 5) is 8.41. The van der Waals surface area contributed by atoms with Crippen LogP contribution in [-0.2, 0) is 13.1 Å². The Hall–Kier alpha value is -2.11. The summed E-state index contributed by atoms with van der Waals surface area (Å²) < 4.78 is 1.86. The third-order valence-corrected chi connectivity index (χ3v) is 2.74. The van der Waals surface area contributed by atoms with Gasteiger partial charge >= 0.3 is 0 Å². The Morgan fingerprint density at radius 1 is 1.39 bits per heavy atom. The minimum Gasteiger partial charge on any atom is -0.394 e. The van der Waals surface area contributed by atoms with Crippen LogP contribution in [0.25, 0.3) is 0 Å². The summed E-state index contributed by atoms with van der Waals surface area (Å²) in [6.45, 7) is 7.20. The highest BCUT2D eigenvalue weighted by molar-refractivity contribution is 5.64. The Bertz CT molecular complexity index is 545. The fourth-order valence-electron chi connectivity index (χ4n) is 1.79. The van der Waals surface area contributed by atoms with Gasteiger partial charge in [-0.25, -0.2) is 14.6 Å². The first-order chi connectivity index (χ1) is 8.61. The molecule has 6 nitrogen and oxygen atoms in total. The van der Waals surface area contributed by atoms with Crippen molar-refractivity contribution in [2.24, 2.45) is 0 Å². The molecule has 0 spiro atoms. The molecule has 3 N–H and O–H groups in total. The molecule has 2 aromatic rings. The van der Waals surface area contributed by atoms with Crippen molar-refractivity contribution in [2.45, 2.75) is 33.9 Å². The van der Waals surface area contributed by atoms with E-state index in [0.717, 1.165) is 29.6 Å². The van der Waals surface area contributed by atoms with Crippen LogP contribution in [0.1, 0.15) is 24.1 Å². The quantitative estimate of drug-likeness (QED) is 0.854. The monoisotopic (exact) mass is 246 g/mol. The third-order valence-electron chi connectivity index (χ3n) is 2.74. The number of aromatic nitrogens is 4. The molecule has 2 rings (SSSR count). The van der Waals surface area contributed by atoms with Gasteiger partial charge in [0, 0.05) is 12.7 Å². The Morgan fingerprint density at radius 2 is 2.17 bits per heavy atom. The van der Waals surface area contributed by atoms with E-state index in [4.69, 9.17) is 5.73 Å². The molecule has 6 heteroatoms. The second kappa shape index (κ2) is 5.03. The number of anilines is 2. The Labute approximate surface area is 106 Å². The van der Waals surface area contributed by atoms with E-state index in [2.05, 4.69) is 20.4 Å². The van der Waals surface area contributed by atoms with Crippen molar-refractivity contribution in [1.29, 1.82) is 0 Å². The molecule has 0 aliphatic carbocycles. The average Bonchev–Trinajstić information content (AvgIpc) is 2.63. The van der Waals surface area contributed by atoms with Gasteiger partial charge in [0.2, 0.25) is 0 Å². The van der Waals surface area contributed by atoms with Gasteiger partial charge in [-0.3, -0.25) is 0 Å². The molecule has 0 bridgehead atoms. The first kappa shape index (κ1) is 12.3. The Kier molecular flexibility index (Phi) is 3.45. The van der Waals surface area contributed by atoms with Gasteiger partial charge in [-0.15, -0.1) is 0 Å². The maximum Gasteiger partial charge on any atom is 0.148 e. The third kappa shape index (κ3) is 2.42. The van der Waals surface area contributed by atoms with Crippen LogP contribution in [0.15, 0.2) is 12.3 Å². The maximum absolute atomic E-state index is 5.99. The zero-order valence-corrected chi connectivity index (χ0v) is 10.9. The first-order valence-corrected chi connectivity index (χ1v) is 5.97. The Balaban J connectivity index is 2.15. The maximum atomic E-state index is 5.99. The summed E-state index contributed by atoms with van der Waals surface area (Å²) >= 11 is 0. The standard InChI is InChI=1S/C12H18N6/c1-4-18-12(11(13)8(2)17-18)15-7-10-5-6-14-9(3)16-10/h5-6,15H,4,7,13H2,1-3H3. The molecular formula is C12H18N6. The molecule has 0 unspecified atom stereocenters. The van der Waals surface area contributed by atoms with Crippen molar-refractivity contribution in [2.75, 3.05) is 11.1 Å². The van der Waals surface area contributed by atoms with Gasteiger partial charge < -0.3 is 11.1 Å². The number of nitrogens with one attached hydrogen (secondary N) is 1. The molecule has 96 valence electrons. The molecular weight excluding hydrogens is 228 g/mol. The van der Waals surface area contributed by atoms with Gasteiger partial charge in [0.15, 0.2) is 0 Å². The smallest absolute Gasteiger partial charge is 0.148 e. The van der Waals surface area contributed by atoms with Gasteiger partial charge in [0.1, 0.15) is 11.6 Å². The lowest BCUT2D eigenvalue weighted by Crippen LogP contribution is -2.09. The molecule has 18 heavy (non-hydrogen) atoms. The van der Waals surface area contributed by atoms with E-state index in [9.17, 15) is 0 Å². The van der Waals surface area contributed by atoms with Crippen LogP contribution in [0.3, 0.4) is 0 Å². The van der Waals surface area contributed by atoms with Crippen LogP contribution < -0.4 is 11.1 Å².